The highest BCUT2D eigenvalue weighted by Crippen LogP contribution is 2.17. The molecule has 1 heterocycles. The van der Waals surface area contributed by atoms with E-state index in [9.17, 15) is 4.79 Å². The summed E-state index contributed by atoms with van der Waals surface area (Å²) < 4.78 is 9.16. The van der Waals surface area contributed by atoms with Crippen molar-refractivity contribution in [1.82, 2.24) is 4.37 Å². The van der Waals surface area contributed by atoms with E-state index >= 15 is 0 Å². The average Bonchev–Trinajstić information content (AvgIpc) is 2.75. The Morgan fingerprint density at radius 3 is 2.94 bits per heavy atom. The Bertz CT molecular complexity index is 551. The highest BCUT2D eigenvalue weighted by atomic mass is 32.1. The summed E-state index contributed by atoms with van der Waals surface area (Å²) >= 11 is 1.28. The lowest BCUT2D eigenvalue weighted by Gasteiger charge is -2.04. The first-order valence-corrected chi connectivity index (χ1v) is 6.29. The Hall–Kier alpha value is -1.72. The van der Waals surface area contributed by atoms with Gasteiger partial charge in [-0.2, -0.15) is 4.37 Å². The molecule has 1 aromatic carbocycles. The number of aromatic nitrogens is 1. The summed E-state index contributed by atoms with van der Waals surface area (Å²) in [6.45, 7) is 2.39. The summed E-state index contributed by atoms with van der Waals surface area (Å²) in [5.74, 6) is -0.128. The Morgan fingerprint density at radius 2 is 2.28 bits per heavy atom. The fraction of sp³-hybridized carbons (Fsp3) is 0.231. The number of ether oxygens (including phenoxy) is 1. The third kappa shape index (κ3) is 3.15. The third-order valence-corrected chi connectivity index (χ3v) is 3.16. The zero-order chi connectivity index (χ0) is 13.0. The van der Waals surface area contributed by atoms with Gasteiger partial charge in [0.1, 0.15) is 5.00 Å². The number of carbonyl (C=O) groups is 1. The second-order valence-corrected chi connectivity index (χ2v) is 4.73. The second-order valence-electron chi connectivity index (χ2n) is 3.92. The van der Waals surface area contributed by atoms with Crippen LogP contribution in [0.1, 0.15) is 21.6 Å². The Labute approximate surface area is 110 Å². The molecule has 0 unspecified atom stereocenters. The van der Waals surface area contributed by atoms with E-state index in [1.165, 1.54) is 11.5 Å². The fourth-order valence-corrected chi connectivity index (χ4v) is 2.23. The van der Waals surface area contributed by atoms with E-state index in [-0.39, 0.29) is 5.91 Å². The van der Waals surface area contributed by atoms with E-state index in [0.29, 0.717) is 12.2 Å². The number of benzene rings is 1. The van der Waals surface area contributed by atoms with Crippen molar-refractivity contribution in [3.05, 3.63) is 47.2 Å². The highest BCUT2D eigenvalue weighted by molar-refractivity contribution is 7.10. The molecule has 5 heteroatoms. The van der Waals surface area contributed by atoms with Crippen LogP contribution in [0, 0.1) is 6.92 Å². The molecule has 0 aliphatic carbocycles. The van der Waals surface area contributed by atoms with Crippen molar-refractivity contribution < 1.29 is 9.53 Å². The molecule has 1 N–H and O–H groups in total. The average molecular weight is 262 g/mol. The van der Waals surface area contributed by atoms with Gasteiger partial charge in [-0.25, -0.2) is 0 Å². The van der Waals surface area contributed by atoms with Crippen molar-refractivity contribution in [3.63, 3.8) is 0 Å². The van der Waals surface area contributed by atoms with Crippen molar-refractivity contribution in [2.75, 3.05) is 12.4 Å². The fourth-order valence-electron chi connectivity index (χ4n) is 1.58. The van der Waals surface area contributed by atoms with Crippen LogP contribution >= 0.6 is 11.5 Å². The smallest absolute Gasteiger partial charge is 0.256 e. The standard InChI is InChI=1S/C13H14N2O2S/c1-9-6-12(18-15-9)14-13(16)11-5-3-4-10(7-11)8-17-2/h3-7H,8H2,1-2H3,(H,14,16). The molecule has 0 saturated carbocycles. The van der Waals surface area contributed by atoms with Crippen LogP contribution in [0.2, 0.25) is 0 Å². The van der Waals surface area contributed by atoms with E-state index < -0.39 is 0 Å². The van der Waals surface area contributed by atoms with Gasteiger partial charge in [0.25, 0.3) is 5.91 Å². The first-order chi connectivity index (χ1) is 8.69. The van der Waals surface area contributed by atoms with Crippen LogP contribution in [0.3, 0.4) is 0 Å². The van der Waals surface area contributed by atoms with Gasteiger partial charge < -0.3 is 10.1 Å². The van der Waals surface area contributed by atoms with E-state index in [2.05, 4.69) is 9.69 Å². The molecular formula is C13H14N2O2S. The van der Waals surface area contributed by atoms with Gasteiger partial charge in [0.2, 0.25) is 0 Å². The van der Waals surface area contributed by atoms with E-state index in [1.54, 1.807) is 13.2 Å². The predicted octanol–water partition coefficient (Wildman–Crippen LogP) is 2.85. The Balaban J connectivity index is 2.11. The number of nitrogens with one attached hydrogen (secondary N) is 1. The van der Waals surface area contributed by atoms with Gasteiger partial charge in [-0.3, -0.25) is 4.79 Å². The normalized spacial score (nSPS) is 10.3. The highest BCUT2D eigenvalue weighted by Gasteiger charge is 2.08. The molecule has 18 heavy (non-hydrogen) atoms. The molecule has 0 radical (unpaired) electrons. The van der Waals surface area contributed by atoms with Crippen molar-refractivity contribution in [2.24, 2.45) is 0 Å². The maximum atomic E-state index is 12.0. The SMILES string of the molecule is COCc1cccc(C(=O)Nc2cc(C)ns2)c1. The number of rotatable bonds is 4. The van der Waals surface area contributed by atoms with Gasteiger partial charge in [-0.05, 0) is 42.2 Å². The molecular weight excluding hydrogens is 248 g/mol. The molecule has 2 rings (SSSR count). The summed E-state index contributed by atoms with van der Waals surface area (Å²) in [6.07, 6.45) is 0. The van der Waals surface area contributed by atoms with Crippen molar-refractivity contribution in [1.29, 1.82) is 0 Å². The minimum atomic E-state index is -0.128. The minimum Gasteiger partial charge on any atom is -0.380 e. The molecule has 0 saturated heterocycles. The van der Waals surface area contributed by atoms with Crippen LogP contribution in [0.15, 0.2) is 30.3 Å². The number of aryl methyl sites for hydroxylation is 1. The van der Waals surface area contributed by atoms with Gasteiger partial charge in [0.05, 0.1) is 12.3 Å². The maximum absolute atomic E-state index is 12.0. The molecule has 0 aliphatic rings. The van der Waals surface area contributed by atoms with Gasteiger partial charge in [-0.1, -0.05) is 12.1 Å². The van der Waals surface area contributed by atoms with Crippen molar-refractivity contribution in [2.45, 2.75) is 13.5 Å². The van der Waals surface area contributed by atoms with E-state index in [4.69, 9.17) is 4.74 Å². The largest absolute Gasteiger partial charge is 0.380 e. The van der Waals surface area contributed by atoms with Crippen LogP contribution < -0.4 is 5.32 Å². The first kappa shape index (κ1) is 12.7. The van der Waals surface area contributed by atoms with Crippen molar-refractivity contribution >= 4 is 22.4 Å². The molecule has 0 atom stereocenters. The predicted molar refractivity (Wildman–Crippen MR) is 72.0 cm³/mol. The van der Waals surface area contributed by atoms with Gasteiger partial charge in [0, 0.05) is 12.7 Å². The summed E-state index contributed by atoms with van der Waals surface area (Å²) in [5, 5.41) is 3.58. The number of hydrogen-bond acceptors (Lipinski definition) is 4. The number of nitrogens with zero attached hydrogens (tertiary/aromatic N) is 1. The van der Waals surface area contributed by atoms with E-state index in [0.717, 1.165) is 16.3 Å². The zero-order valence-corrected chi connectivity index (χ0v) is 11.1. The number of anilines is 1. The van der Waals surface area contributed by atoms with Crippen LogP contribution in [-0.2, 0) is 11.3 Å². The van der Waals surface area contributed by atoms with Gasteiger partial charge in [-0.15, -0.1) is 0 Å². The Morgan fingerprint density at radius 1 is 1.44 bits per heavy atom. The van der Waals surface area contributed by atoms with Crippen LogP contribution in [0.5, 0.6) is 0 Å². The number of methoxy groups -OCH3 is 1. The molecule has 2 aromatic rings. The topological polar surface area (TPSA) is 51.2 Å². The van der Waals surface area contributed by atoms with Crippen molar-refractivity contribution in [3.8, 4) is 0 Å². The molecule has 94 valence electrons. The lowest BCUT2D eigenvalue weighted by Crippen LogP contribution is -2.11. The third-order valence-electron chi connectivity index (χ3n) is 2.36. The molecule has 4 nitrogen and oxygen atoms in total. The van der Waals surface area contributed by atoms with Gasteiger partial charge >= 0.3 is 0 Å². The molecule has 0 aliphatic heterocycles. The van der Waals surface area contributed by atoms with Crippen LogP contribution in [-0.4, -0.2) is 17.4 Å². The van der Waals surface area contributed by atoms with Gasteiger partial charge in [0.15, 0.2) is 0 Å². The molecule has 0 spiro atoms. The maximum Gasteiger partial charge on any atom is 0.256 e. The number of hydrogen-bond donors (Lipinski definition) is 1. The number of amides is 1. The van der Waals surface area contributed by atoms with Crippen LogP contribution in [0.25, 0.3) is 0 Å². The minimum absolute atomic E-state index is 0.128. The second kappa shape index (κ2) is 5.75. The van der Waals surface area contributed by atoms with E-state index in [1.807, 2.05) is 31.2 Å². The lowest BCUT2D eigenvalue weighted by atomic mass is 10.1. The molecule has 0 bridgehead atoms. The quantitative estimate of drug-likeness (QED) is 0.921. The molecule has 1 amide bonds. The Kier molecular flexibility index (Phi) is 4.07. The van der Waals surface area contributed by atoms with Crippen LogP contribution in [0.4, 0.5) is 5.00 Å². The summed E-state index contributed by atoms with van der Waals surface area (Å²) in [6, 6.07) is 9.23. The summed E-state index contributed by atoms with van der Waals surface area (Å²) in [7, 11) is 1.63. The summed E-state index contributed by atoms with van der Waals surface area (Å²) in [5.41, 5.74) is 2.50. The summed E-state index contributed by atoms with van der Waals surface area (Å²) in [4.78, 5) is 12.0. The first-order valence-electron chi connectivity index (χ1n) is 5.51. The monoisotopic (exact) mass is 262 g/mol. The molecule has 1 aromatic heterocycles. The lowest BCUT2D eigenvalue weighted by molar-refractivity contribution is 0.102. The molecule has 0 fully saturated rings. The number of carbonyl (C=O) groups excluding carboxylic acids is 1. The zero-order valence-electron chi connectivity index (χ0n) is 10.3.